The maximum Gasteiger partial charge on any atom is 0.301 e. The molecule has 1 saturated carbocycles. The van der Waals surface area contributed by atoms with Crippen LogP contribution in [0.1, 0.15) is 53.6 Å². The quantitative estimate of drug-likeness (QED) is 0.557. The smallest absolute Gasteiger partial charge is 0.301 e. The van der Waals surface area contributed by atoms with Crippen molar-refractivity contribution in [3.8, 4) is 0 Å². The Hall–Kier alpha value is -2.78. The van der Waals surface area contributed by atoms with Gasteiger partial charge < -0.3 is 4.98 Å². The van der Waals surface area contributed by atoms with Gasteiger partial charge in [0.2, 0.25) is 0 Å². The third-order valence-corrected chi connectivity index (χ3v) is 7.27. The predicted molar refractivity (Wildman–Crippen MR) is 113 cm³/mol. The SMILES string of the molecule is CCN(C)S(=O)(=O)Nc1cccc(C(=O)c2c[nH]c3ncc(C4CCC4)cc23)c1F. The van der Waals surface area contributed by atoms with Crippen LogP contribution in [0, 0.1) is 5.82 Å². The normalized spacial score (nSPS) is 14.8. The number of aromatic amines is 1. The molecule has 1 fully saturated rings. The van der Waals surface area contributed by atoms with E-state index in [0.29, 0.717) is 22.5 Å². The molecular weight excluding hydrogens is 407 g/mol. The van der Waals surface area contributed by atoms with Crippen LogP contribution in [-0.2, 0) is 10.2 Å². The third-order valence-electron chi connectivity index (χ3n) is 5.71. The fourth-order valence-corrected chi connectivity index (χ4v) is 4.42. The molecule has 1 aromatic carbocycles. The second-order valence-corrected chi connectivity index (χ2v) is 9.29. The van der Waals surface area contributed by atoms with Gasteiger partial charge in [0.1, 0.15) is 5.65 Å². The standard InChI is InChI=1S/C21H23FN4O3S/c1-3-26(2)30(28,29)25-18-9-5-8-15(19(18)22)20(27)17-12-24-21-16(17)10-14(11-23-21)13-6-4-7-13/h5,8-13,25H,3-4,6-7H2,1-2H3,(H,23,24). The lowest BCUT2D eigenvalue weighted by Gasteiger charge is -2.25. The number of pyridine rings is 1. The first-order valence-corrected chi connectivity index (χ1v) is 11.3. The molecule has 4 rings (SSSR count). The van der Waals surface area contributed by atoms with Crippen molar-refractivity contribution in [3.05, 3.63) is 59.2 Å². The molecule has 0 saturated heterocycles. The number of carbonyl (C=O) groups excluding carboxylic acids is 1. The van der Waals surface area contributed by atoms with Gasteiger partial charge in [0.25, 0.3) is 0 Å². The van der Waals surface area contributed by atoms with Crippen molar-refractivity contribution in [1.29, 1.82) is 0 Å². The molecule has 0 bridgehead atoms. The number of nitrogens with zero attached hydrogens (tertiary/aromatic N) is 2. The van der Waals surface area contributed by atoms with Crippen molar-refractivity contribution < 1.29 is 17.6 Å². The number of rotatable bonds is 7. The molecular formula is C21H23FN4O3S. The molecule has 0 aliphatic heterocycles. The maximum atomic E-state index is 15.1. The Balaban J connectivity index is 1.70. The van der Waals surface area contributed by atoms with E-state index in [4.69, 9.17) is 0 Å². The molecule has 0 amide bonds. The highest BCUT2D eigenvalue weighted by molar-refractivity contribution is 7.90. The van der Waals surface area contributed by atoms with Gasteiger partial charge in [0.05, 0.1) is 11.3 Å². The fourth-order valence-electron chi connectivity index (χ4n) is 3.49. The van der Waals surface area contributed by atoms with E-state index in [1.807, 2.05) is 12.3 Å². The minimum Gasteiger partial charge on any atom is -0.345 e. The molecule has 3 aromatic rings. The Labute approximate surface area is 174 Å². The van der Waals surface area contributed by atoms with E-state index in [9.17, 15) is 13.2 Å². The summed E-state index contributed by atoms with van der Waals surface area (Å²) < 4.78 is 42.9. The Kier molecular flexibility index (Phi) is 5.33. The highest BCUT2D eigenvalue weighted by Gasteiger charge is 2.25. The van der Waals surface area contributed by atoms with Crippen molar-refractivity contribution in [3.63, 3.8) is 0 Å². The highest BCUT2D eigenvalue weighted by atomic mass is 32.2. The average molecular weight is 431 g/mol. The average Bonchev–Trinajstić information content (AvgIpc) is 3.10. The van der Waals surface area contributed by atoms with Crippen LogP contribution in [0.3, 0.4) is 0 Å². The molecule has 2 aromatic heterocycles. The summed E-state index contributed by atoms with van der Waals surface area (Å²) >= 11 is 0. The molecule has 2 heterocycles. The van der Waals surface area contributed by atoms with Gasteiger partial charge in [-0.15, -0.1) is 0 Å². The maximum absolute atomic E-state index is 15.1. The first-order chi connectivity index (χ1) is 14.3. The summed E-state index contributed by atoms with van der Waals surface area (Å²) in [6, 6.07) is 6.03. The third kappa shape index (κ3) is 3.59. The summed E-state index contributed by atoms with van der Waals surface area (Å²) in [5.41, 5.74) is 1.47. The minimum absolute atomic E-state index is 0.204. The van der Waals surface area contributed by atoms with Gasteiger partial charge in [-0.2, -0.15) is 12.7 Å². The zero-order chi connectivity index (χ0) is 21.5. The Morgan fingerprint density at radius 3 is 2.77 bits per heavy atom. The van der Waals surface area contributed by atoms with Crippen molar-refractivity contribution in [1.82, 2.24) is 14.3 Å². The summed E-state index contributed by atoms with van der Waals surface area (Å²) in [7, 11) is -2.53. The Bertz CT molecular complexity index is 1220. The van der Waals surface area contributed by atoms with Crippen molar-refractivity contribution >= 4 is 32.7 Å². The van der Waals surface area contributed by atoms with Crippen LogP contribution in [-0.4, -0.2) is 42.1 Å². The summed E-state index contributed by atoms with van der Waals surface area (Å²) in [5.74, 6) is -0.992. The Morgan fingerprint density at radius 1 is 1.33 bits per heavy atom. The van der Waals surface area contributed by atoms with Crippen LogP contribution in [0.15, 0.2) is 36.7 Å². The Morgan fingerprint density at radius 2 is 2.10 bits per heavy atom. The second-order valence-electron chi connectivity index (χ2n) is 7.51. The van der Waals surface area contributed by atoms with E-state index in [1.165, 1.54) is 37.9 Å². The zero-order valence-corrected chi connectivity index (χ0v) is 17.6. The van der Waals surface area contributed by atoms with Gasteiger partial charge in [-0.05, 0) is 42.5 Å². The van der Waals surface area contributed by atoms with Crippen LogP contribution >= 0.6 is 0 Å². The van der Waals surface area contributed by atoms with Gasteiger partial charge in [-0.25, -0.2) is 9.37 Å². The first kappa shape index (κ1) is 20.5. The lowest BCUT2D eigenvalue weighted by molar-refractivity contribution is 0.103. The number of aromatic nitrogens is 2. The van der Waals surface area contributed by atoms with Crippen LogP contribution in [0.4, 0.5) is 10.1 Å². The van der Waals surface area contributed by atoms with E-state index >= 15 is 4.39 Å². The van der Waals surface area contributed by atoms with Crippen LogP contribution < -0.4 is 4.72 Å². The van der Waals surface area contributed by atoms with Crippen LogP contribution in [0.2, 0.25) is 0 Å². The van der Waals surface area contributed by atoms with Gasteiger partial charge in [0, 0.05) is 36.9 Å². The van der Waals surface area contributed by atoms with E-state index in [1.54, 1.807) is 6.92 Å². The lowest BCUT2D eigenvalue weighted by atomic mass is 9.80. The summed E-state index contributed by atoms with van der Waals surface area (Å²) in [6.07, 6.45) is 6.72. The van der Waals surface area contributed by atoms with E-state index in [2.05, 4.69) is 14.7 Å². The number of fused-ring (bicyclic) bond motifs is 1. The van der Waals surface area contributed by atoms with Gasteiger partial charge in [0.15, 0.2) is 11.6 Å². The highest BCUT2D eigenvalue weighted by Crippen LogP contribution is 2.37. The van der Waals surface area contributed by atoms with Crippen molar-refractivity contribution in [2.75, 3.05) is 18.3 Å². The number of hydrogen-bond donors (Lipinski definition) is 2. The molecule has 9 heteroatoms. The molecule has 1 aliphatic carbocycles. The van der Waals surface area contributed by atoms with Gasteiger partial charge in [-0.3, -0.25) is 9.52 Å². The fraction of sp³-hybridized carbons (Fsp3) is 0.333. The number of benzene rings is 1. The lowest BCUT2D eigenvalue weighted by Crippen LogP contribution is -2.32. The van der Waals surface area contributed by atoms with Crippen molar-refractivity contribution in [2.45, 2.75) is 32.1 Å². The monoisotopic (exact) mass is 430 g/mol. The topological polar surface area (TPSA) is 95.2 Å². The molecule has 0 atom stereocenters. The minimum atomic E-state index is -3.91. The molecule has 2 N–H and O–H groups in total. The summed E-state index contributed by atoms with van der Waals surface area (Å²) in [5, 5.41) is 0.639. The number of anilines is 1. The number of hydrogen-bond acceptors (Lipinski definition) is 4. The molecule has 0 radical (unpaired) electrons. The summed E-state index contributed by atoms with van der Waals surface area (Å²) in [4.78, 5) is 20.5. The summed E-state index contributed by atoms with van der Waals surface area (Å²) in [6.45, 7) is 1.89. The van der Waals surface area contributed by atoms with Crippen LogP contribution in [0.5, 0.6) is 0 Å². The first-order valence-electron chi connectivity index (χ1n) is 9.86. The number of carbonyl (C=O) groups is 1. The molecule has 0 unspecified atom stereocenters. The molecule has 1 aliphatic rings. The van der Waals surface area contributed by atoms with Crippen LogP contribution in [0.25, 0.3) is 11.0 Å². The van der Waals surface area contributed by atoms with Gasteiger partial charge >= 0.3 is 10.2 Å². The number of ketones is 1. The molecule has 30 heavy (non-hydrogen) atoms. The molecule has 158 valence electrons. The number of nitrogens with one attached hydrogen (secondary N) is 2. The molecule has 7 nitrogen and oxygen atoms in total. The number of halogens is 1. The number of H-pyrrole nitrogens is 1. The zero-order valence-electron chi connectivity index (χ0n) is 16.8. The predicted octanol–water partition coefficient (Wildman–Crippen LogP) is 3.81. The van der Waals surface area contributed by atoms with Gasteiger partial charge in [-0.1, -0.05) is 19.4 Å². The largest absolute Gasteiger partial charge is 0.345 e. The van der Waals surface area contributed by atoms with E-state index in [-0.39, 0.29) is 17.8 Å². The van der Waals surface area contributed by atoms with Crippen molar-refractivity contribution in [2.24, 2.45) is 0 Å². The van der Waals surface area contributed by atoms with E-state index < -0.39 is 21.8 Å². The van der Waals surface area contributed by atoms with E-state index in [0.717, 1.165) is 22.7 Å². The molecule has 0 spiro atoms. The second kappa shape index (κ2) is 7.81.